The van der Waals surface area contributed by atoms with Crippen molar-refractivity contribution in [2.24, 2.45) is 5.92 Å². The van der Waals surface area contributed by atoms with Gasteiger partial charge in [-0.15, -0.1) is 0 Å². The smallest absolute Gasteiger partial charge is 0.481 e. The SMILES string of the molecule is Cc1cc(CN2CCC[C@H](C(=O)O)C2)no1.O=C(O)C(F)(F)F. The first-order valence-electron chi connectivity index (χ1n) is 6.77. The minimum Gasteiger partial charge on any atom is -0.481 e. The van der Waals surface area contributed by atoms with E-state index in [1.165, 1.54) is 0 Å². The highest BCUT2D eigenvalue weighted by atomic mass is 19.4. The van der Waals surface area contributed by atoms with Crippen molar-refractivity contribution < 1.29 is 37.5 Å². The molecule has 10 heteroatoms. The molecule has 0 radical (unpaired) electrons. The number of likely N-dealkylation sites (tertiary alicyclic amines) is 1. The maximum atomic E-state index is 10.9. The number of alkyl halides is 3. The Bertz CT molecular complexity index is 544. The molecule has 0 spiro atoms. The van der Waals surface area contributed by atoms with Crippen LogP contribution >= 0.6 is 0 Å². The molecule has 2 rings (SSSR count). The zero-order valence-corrected chi connectivity index (χ0v) is 12.3. The average molecular weight is 338 g/mol. The Kier molecular flexibility index (Phi) is 6.55. The third-order valence-electron chi connectivity index (χ3n) is 3.16. The highest BCUT2D eigenvalue weighted by molar-refractivity contribution is 5.73. The molecule has 1 fully saturated rings. The Labute approximate surface area is 129 Å². The highest BCUT2D eigenvalue weighted by Gasteiger charge is 2.38. The Morgan fingerprint density at radius 3 is 2.48 bits per heavy atom. The fourth-order valence-electron chi connectivity index (χ4n) is 2.12. The zero-order valence-electron chi connectivity index (χ0n) is 12.3. The molecule has 0 aliphatic carbocycles. The predicted molar refractivity (Wildman–Crippen MR) is 70.6 cm³/mol. The van der Waals surface area contributed by atoms with Gasteiger partial charge < -0.3 is 14.7 Å². The monoisotopic (exact) mass is 338 g/mol. The first kappa shape index (κ1) is 18.9. The molecular weight excluding hydrogens is 321 g/mol. The van der Waals surface area contributed by atoms with Crippen molar-refractivity contribution in [1.29, 1.82) is 0 Å². The van der Waals surface area contributed by atoms with Crippen LogP contribution in [0.25, 0.3) is 0 Å². The van der Waals surface area contributed by atoms with Gasteiger partial charge in [0.1, 0.15) is 5.76 Å². The number of nitrogens with zero attached hydrogens (tertiary/aromatic N) is 2. The lowest BCUT2D eigenvalue weighted by atomic mass is 9.98. The van der Waals surface area contributed by atoms with Crippen molar-refractivity contribution in [2.45, 2.75) is 32.5 Å². The molecule has 23 heavy (non-hydrogen) atoms. The van der Waals surface area contributed by atoms with E-state index in [1.54, 1.807) is 0 Å². The molecule has 1 aliphatic rings. The van der Waals surface area contributed by atoms with E-state index in [0.29, 0.717) is 13.1 Å². The summed E-state index contributed by atoms with van der Waals surface area (Å²) in [7, 11) is 0. The van der Waals surface area contributed by atoms with Gasteiger partial charge in [-0.1, -0.05) is 5.16 Å². The number of halogens is 3. The van der Waals surface area contributed by atoms with E-state index in [4.69, 9.17) is 19.5 Å². The summed E-state index contributed by atoms with van der Waals surface area (Å²) in [6.45, 7) is 4.09. The third kappa shape index (κ3) is 6.68. The lowest BCUT2D eigenvalue weighted by molar-refractivity contribution is -0.192. The van der Waals surface area contributed by atoms with Gasteiger partial charge in [0.15, 0.2) is 0 Å². The van der Waals surface area contributed by atoms with E-state index in [2.05, 4.69) is 10.1 Å². The fraction of sp³-hybridized carbons (Fsp3) is 0.615. The molecule has 2 N–H and O–H groups in total. The predicted octanol–water partition coefficient (Wildman–Crippen LogP) is 1.91. The maximum absolute atomic E-state index is 10.9. The number of aliphatic carboxylic acids is 2. The quantitative estimate of drug-likeness (QED) is 0.867. The second kappa shape index (κ2) is 7.95. The van der Waals surface area contributed by atoms with Crippen LogP contribution in [0.4, 0.5) is 13.2 Å². The van der Waals surface area contributed by atoms with E-state index < -0.39 is 18.1 Å². The summed E-state index contributed by atoms with van der Waals surface area (Å²) in [6, 6.07) is 1.89. The summed E-state index contributed by atoms with van der Waals surface area (Å²) in [5, 5.41) is 20.0. The van der Waals surface area contributed by atoms with Crippen LogP contribution in [0.3, 0.4) is 0 Å². The van der Waals surface area contributed by atoms with Crippen LogP contribution in [0, 0.1) is 12.8 Å². The molecule has 1 aromatic heterocycles. The van der Waals surface area contributed by atoms with E-state index >= 15 is 0 Å². The van der Waals surface area contributed by atoms with Gasteiger partial charge in [-0.3, -0.25) is 9.69 Å². The molecular formula is C13H17F3N2O5. The number of aryl methyl sites for hydroxylation is 1. The number of carboxylic acids is 2. The Balaban J connectivity index is 0.000000322. The number of hydrogen-bond acceptors (Lipinski definition) is 5. The molecule has 0 amide bonds. The molecule has 130 valence electrons. The molecule has 2 heterocycles. The Hall–Kier alpha value is -2.10. The van der Waals surface area contributed by atoms with E-state index in [0.717, 1.165) is 30.8 Å². The van der Waals surface area contributed by atoms with Crippen LogP contribution < -0.4 is 0 Å². The molecule has 7 nitrogen and oxygen atoms in total. The van der Waals surface area contributed by atoms with Crippen molar-refractivity contribution in [3.63, 3.8) is 0 Å². The first-order chi connectivity index (χ1) is 10.6. The zero-order chi connectivity index (χ0) is 17.6. The summed E-state index contributed by atoms with van der Waals surface area (Å²) in [5.74, 6) is -2.89. The van der Waals surface area contributed by atoms with Crippen molar-refractivity contribution in [2.75, 3.05) is 13.1 Å². The van der Waals surface area contributed by atoms with Gasteiger partial charge in [0.25, 0.3) is 0 Å². The summed E-state index contributed by atoms with van der Waals surface area (Å²) in [5.41, 5.74) is 0.878. The van der Waals surface area contributed by atoms with E-state index in [-0.39, 0.29) is 5.92 Å². The van der Waals surface area contributed by atoms with Crippen LogP contribution in [0.5, 0.6) is 0 Å². The van der Waals surface area contributed by atoms with E-state index in [9.17, 15) is 18.0 Å². The first-order valence-corrected chi connectivity index (χ1v) is 6.77. The average Bonchev–Trinajstić information content (AvgIpc) is 2.84. The van der Waals surface area contributed by atoms with Crippen molar-refractivity contribution in [3.8, 4) is 0 Å². The molecule has 1 aromatic rings. The van der Waals surface area contributed by atoms with Crippen molar-refractivity contribution in [1.82, 2.24) is 10.1 Å². The number of piperidine rings is 1. The molecule has 0 saturated carbocycles. The van der Waals surface area contributed by atoms with Crippen LogP contribution in [-0.4, -0.2) is 51.5 Å². The molecule has 1 aliphatic heterocycles. The van der Waals surface area contributed by atoms with Gasteiger partial charge in [-0.05, 0) is 26.3 Å². The largest absolute Gasteiger partial charge is 0.490 e. The third-order valence-corrected chi connectivity index (χ3v) is 3.16. The second-order valence-corrected chi connectivity index (χ2v) is 5.14. The van der Waals surface area contributed by atoms with Crippen LogP contribution in [0.15, 0.2) is 10.6 Å². The molecule has 1 saturated heterocycles. The molecule has 0 aromatic carbocycles. The van der Waals surface area contributed by atoms with Crippen molar-refractivity contribution >= 4 is 11.9 Å². The van der Waals surface area contributed by atoms with Gasteiger partial charge in [0.05, 0.1) is 11.6 Å². The second-order valence-electron chi connectivity index (χ2n) is 5.14. The van der Waals surface area contributed by atoms with Gasteiger partial charge in [0, 0.05) is 19.2 Å². The number of rotatable bonds is 3. The summed E-state index contributed by atoms with van der Waals surface area (Å²) in [4.78, 5) is 21.9. The lowest BCUT2D eigenvalue weighted by Gasteiger charge is -2.29. The van der Waals surface area contributed by atoms with Crippen LogP contribution in [0.2, 0.25) is 0 Å². The van der Waals surface area contributed by atoms with Crippen LogP contribution in [0.1, 0.15) is 24.3 Å². The minimum atomic E-state index is -5.08. The number of aromatic nitrogens is 1. The maximum Gasteiger partial charge on any atom is 0.490 e. The summed E-state index contributed by atoms with van der Waals surface area (Å²) >= 11 is 0. The lowest BCUT2D eigenvalue weighted by Crippen LogP contribution is -2.38. The summed E-state index contributed by atoms with van der Waals surface area (Å²) < 4.78 is 36.7. The number of carboxylic acid groups (broad SMARTS) is 2. The Morgan fingerprint density at radius 1 is 1.43 bits per heavy atom. The molecule has 0 unspecified atom stereocenters. The minimum absolute atomic E-state index is 0.234. The topological polar surface area (TPSA) is 104 Å². The number of carbonyl (C=O) groups is 2. The fourth-order valence-corrected chi connectivity index (χ4v) is 2.12. The molecule has 1 atom stereocenters. The molecule has 0 bridgehead atoms. The number of hydrogen-bond donors (Lipinski definition) is 2. The van der Waals surface area contributed by atoms with Gasteiger partial charge >= 0.3 is 18.1 Å². The summed E-state index contributed by atoms with van der Waals surface area (Å²) in [6.07, 6.45) is -3.36. The van der Waals surface area contributed by atoms with Gasteiger partial charge in [0.2, 0.25) is 0 Å². The van der Waals surface area contributed by atoms with Crippen molar-refractivity contribution in [3.05, 3.63) is 17.5 Å². The normalized spacial score (nSPS) is 18.9. The van der Waals surface area contributed by atoms with Crippen LogP contribution in [-0.2, 0) is 16.1 Å². The van der Waals surface area contributed by atoms with E-state index in [1.807, 2.05) is 13.0 Å². The standard InChI is InChI=1S/C11H16N2O3.C2HF3O2/c1-8-5-10(12-16-8)7-13-4-2-3-9(6-13)11(14)15;3-2(4,5)1(6)7/h5,9H,2-4,6-7H2,1H3,(H,14,15);(H,6,7)/t9-;/m0./s1. The van der Waals surface area contributed by atoms with Gasteiger partial charge in [-0.25, -0.2) is 4.79 Å². The Morgan fingerprint density at radius 2 is 2.04 bits per heavy atom. The highest BCUT2D eigenvalue weighted by Crippen LogP contribution is 2.18. The van der Waals surface area contributed by atoms with Gasteiger partial charge in [-0.2, -0.15) is 13.2 Å².